The number of carboxylic acid groups (broad SMARTS) is 1. The van der Waals surface area contributed by atoms with Gasteiger partial charge in [-0.25, -0.2) is 9.79 Å². The van der Waals surface area contributed by atoms with Crippen molar-refractivity contribution in [3.63, 3.8) is 0 Å². The lowest BCUT2D eigenvalue weighted by atomic mass is 10.1. The van der Waals surface area contributed by atoms with E-state index < -0.39 is 12.3 Å². The number of aliphatic imine (C=N–C) groups is 1. The van der Waals surface area contributed by atoms with E-state index in [0.717, 1.165) is 5.69 Å². The first kappa shape index (κ1) is 17.5. The van der Waals surface area contributed by atoms with E-state index in [4.69, 9.17) is 0 Å². The van der Waals surface area contributed by atoms with Gasteiger partial charge in [0.15, 0.2) is 0 Å². The molecule has 0 spiro atoms. The van der Waals surface area contributed by atoms with Crippen LogP contribution >= 0.6 is 12.4 Å². The van der Waals surface area contributed by atoms with Gasteiger partial charge in [0.2, 0.25) is 6.29 Å². The van der Waals surface area contributed by atoms with Gasteiger partial charge in [-0.3, -0.25) is 9.69 Å². The molecule has 1 atom stereocenters. The Balaban J connectivity index is 0.00000196. The summed E-state index contributed by atoms with van der Waals surface area (Å²) in [6.07, 6.45) is 2.70. The molecule has 0 aromatic heterocycles. The van der Waals surface area contributed by atoms with Crippen molar-refractivity contribution in [2.75, 3.05) is 10.6 Å². The van der Waals surface area contributed by atoms with Gasteiger partial charge < -0.3 is 15.7 Å². The highest BCUT2D eigenvalue weighted by atomic mass is 35.5. The number of amides is 1. The van der Waals surface area contributed by atoms with Crippen LogP contribution in [0.3, 0.4) is 0 Å². The first-order valence-corrected chi connectivity index (χ1v) is 7.67. The van der Waals surface area contributed by atoms with E-state index in [9.17, 15) is 14.7 Å². The van der Waals surface area contributed by atoms with E-state index in [-0.39, 0.29) is 23.9 Å². The van der Waals surface area contributed by atoms with Crippen molar-refractivity contribution in [2.24, 2.45) is 4.99 Å². The molecule has 0 bridgehead atoms. The van der Waals surface area contributed by atoms with Gasteiger partial charge in [-0.1, -0.05) is 24.3 Å². The zero-order chi connectivity index (χ0) is 17.4. The van der Waals surface area contributed by atoms with Gasteiger partial charge in [-0.2, -0.15) is 0 Å². The number of carboxylic acids is 1. The Kier molecular flexibility index (Phi) is 4.64. The number of halogens is 1. The summed E-state index contributed by atoms with van der Waals surface area (Å²) in [5, 5.41) is 15.5. The molecule has 4 rings (SSSR count). The van der Waals surface area contributed by atoms with Crippen LogP contribution in [0.5, 0.6) is 0 Å². The van der Waals surface area contributed by atoms with Crippen LogP contribution < -0.4 is 10.6 Å². The summed E-state index contributed by atoms with van der Waals surface area (Å²) < 4.78 is 0. The molecule has 0 radical (unpaired) electrons. The lowest BCUT2D eigenvalue weighted by Crippen LogP contribution is -2.47. The van der Waals surface area contributed by atoms with Crippen LogP contribution in [0.4, 0.5) is 11.4 Å². The summed E-state index contributed by atoms with van der Waals surface area (Å²) in [7, 11) is 0. The van der Waals surface area contributed by atoms with Crippen LogP contribution in [0, 0.1) is 0 Å². The molecule has 0 saturated heterocycles. The summed E-state index contributed by atoms with van der Waals surface area (Å²) >= 11 is 0. The van der Waals surface area contributed by atoms with Gasteiger partial charge in [-0.15, -0.1) is 12.4 Å². The van der Waals surface area contributed by atoms with Gasteiger partial charge in [0.25, 0.3) is 5.91 Å². The van der Waals surface area contributed by atoms with E-state index in [1.807, 2.05) is 18.2 Å². The van der Waals surface area contributed by atoms with Crippen molar-refractivity contribution >= 4 is 41.5 Å². The zero-order valence-electron chi connectivity index (χ0n) is 13.4. The molecule has 0 aliphatic carbocycles. The van der Waals surface area contributed by atoms with Gasteiger partial charge in [0.05, 0.1) is 16.8 Å². The second-order valence-corrected chi connectivity index (χ2v) is 5.58. The number of para-hydroxylation sites is 2. The Morgan fingerprint density at radius 3 is 2.69 bits per heavy atom. The molecule has 0 saturated carbocycles. The Labute approximate surface area is 155 Å². The smallest absolute Gasteiger partial charge is 0.337 e. The third-order valence-corrected chi connectivity index (χ3v) is 4.01. The van der Waals surface area contributed by atoms with Crippen LogP contribution in [0.2, 0.25) is 0 Å². The number of fused-ring (bicyclic) bond motifs is 2. The SMILES string of the molecule is Cl.O=C(O)c1ccccc1NC1=NC2Nc3ccccc3C(=O)N2C=C1. The standard InChI is InChI=1S/C18H14N4O3.ClH/c23-16-11-5-1-3-7-13(11)20-18-21-15(9-10-22(16)18)19-14-8-4-2-6-12(14)17(24)25;/h1-10,18,20H,(H,19,21)(H,24,25);1H. The average molecular weight is 371 g/mol. The fourth-order valence-corrected chi connectivity index (χ4v) is 2.81. The maximum Gasteiger partial charge on any atom is 0.337 e. The van der Waals surface area contributed by atoms with E-state index in [0.29, 0.717) is 17.1 Å². The molecule has 2 aliphatic rings. The van der Waals surface area contributed by atoms with Gasteiger partial charge in [0, 0.05) is 11.9 Å². The summed E-state index contributed by atoms with van der Waals surface area (Å²) in [6, 6.07) is 13.8. The van der Waals surface area contributed by atoms with Crippen molar-refractivity contribution < 1.29 is 14.7 Å². The molecule has 1 unspecified atom stereocenters. The number of nitrogens with one attached hydrogen (secondary N) is 2. The number of hydrogen-bond acceptors (Lipinski definition) is 5. The number of benzene rings is 2. The Morgan fingerprint density at radius 2 is 1.88 bits per heavy atom. The van der Waals surface area contributed by atoms with Crippen molar-refractivity contribution in [3.8, 4) is 0 Å². The van der Waals surface area contributed by atoms with E-state index in [1.54, 1.807) is 36.5 Å². The minimum absolute atomic E-state index is 0. The third-order valence-electron chi connectivity index (χ3n) is 4.01. The van der Waals surface area contributed by atoms with Crippen molar-refractivity contribution in [1.29, 1.82) is 0 Å². The number of hydrogen-bond donors (Lipinski definition) is 3. The molecule has 7 nitrogen and oxygen atoms in total. The Morgan fingerprint density at radius 1 is 1.15 bits per heavy atom. The fourth-order valence-electron chi connectivity index (χ4n) is 2.81. The molecule has 3 N–H and O–H groups in total. The van der Waals surface area contributed by atoms with E-state index in [1.165, 1.54) is 11.0 Å². The van der Waals surface area contributed by atoms with E-state index in [2.05, 4.69) is 15.6 Å². The van der Waals surface area contributed by atoms with E-state index >= 15 is 0 Å². The van der Waals surface area contributed by atoms with Gasteiger partial charge in [0.1, 0.15) is 5.84 Å². The summed E-state index contributed by atoms with van der Waals surface area (Å²) in [4.78, 5) is 29.8. The highest BCUT2D eigenvalue weighted by Crippen LogP contribution is 2.27. The summed E-state index contributed by atoms with van der Waals surface area (Å²) in [6.45, 7) is 0. The molecule has 2 heterocycles. The maximum absolute atomic E-state index is 12.5. The predicted octanol–water partition coefficient (Wildman–Crippen LogP) is 3.00. The number of anilines is 2. The van der Waals surface area contributed by atoms with Crippen LogP contribution in [0.25, 0.3) is 0 Å². The largest absolute Gasteiger partial charge is 0.478 e. The van der Waals surface area contributed by atoms with Gasteiger partial charge >= 0.3 is 5.97 Å². The normalized spacial score (nSPS) is 17.2. The van der Waals surface area contributed by atoms with Crippen LogP contribution in [0.15, 0.2) is 65.8 Å². The number of amidine groups is 1. The first-order valence-electron chi connectivity index (χ1n) is 7.67. The lowest BCUT2D eigenvalue weighted by Gasteiger charge is -2.35. The number of carbonyl (C=O) groups is 2. The maximum atomic E-state index is 12.5. The first-order chi connectivity index (χ1) is 12.1. The Bertz CT molecular complexity index is 942. The third kappa shape index (κ3) is 3.00. The second-order valence-electron chi connectivity index (χ2n) is 5.58. The summed E-state index contributed by atoms with van der Waals surface area (Å²) in [5.74, 6) is -0.691. The molecule has 2 aromatic rings. The molecular formula is C18H15ClN4O3. The van der Waals surface area contributed by atoms with Crippen molar-refractivity contribution in [2.45, 2.75) is 6.29 Å². The lowest BCUT2D eigenvalue weighted by molar-refractivity contribution is 0.0697. The van der Waals surface area contributed by atoms with Gasteiger partial charge in [-0.05, 0) is 30.3 Å². The molecule has 132 valence electrons. The highest BCUT2D eigenvalue weighted by Gasteiger charge is 2.32. The van der Waals surface area contributed by atoms with Crippen molar-refractivity contribution in [1.82, 2.24) is 4.90 Å². The molecule has 26 heavy (non-hydrogen) atoms. The number of carbonyl (C=O) groups excluding carboxylic acids is 1. The Hall–Kier alpha value is -3.32. The van der Waals surface area contributed by atoms with Crippen LogP contribution in [0.1, 0.15) is 20.7 Å². The molecule has 8 heteroatoms. The van der Waals surface area contributed by atoms with Crippen LogP contribution in [-0.4, -0.2) is 34.0 Å². The minimum atomic E-state index is -1.02. The average Bonchev–Trinajstić information content (AvgIpc) is 2.62. The summed E-state index contributed by atoms with van der Waals surface area (Å²) in [5.41, 5.74) is 1.90. The molecule has 2 aliphatic heterocycles. The molecule has 1 amide bonds. The second kappa shape index (κ2) is 6.89. The quantitative estimate of drug-likeness (QED) is 0.755. The predicted molar refractivity (Wildman–Crippen MR) is 101 cm³/mol. The number of aromatic carboxylic acids is 1. The molecular weight excluding hydrogens is 356 g/mol. The van der Waals surface area contributed by atoms with Crippen LogP contribution in [-0.2, 0) is 0 Å². The molecule has 0 fully saturated rings. The topological polar surface area (TPSA) is 94.0 Å². The van der Waals surface area contributed by atoms with Crippen molar-refractivity contribution in [3.05, 3.63) is 71.9 Å². The number of nitrogens with zero attached hydrogens (tertiary/aromatic N) is 2. The monoisotopic (exact) mass is 370 g/mol. The minimum Gasteiger partial charge on any atom is -0.478 e. The number of rotatable bonds is 2. The molecule has 2 aromatic carbocycles. The highest BCUT2D eigenvalue weighted by molar-refractivity contribution is 6.09. The zero-order valence-corrected chi connectivity index (χ0v) is 14.2. The fraction of sp³-hybridized carbons (Fsp3) is 0.0556.